The number of carbonyl (C=O) groups excluding carboxylic acids is 1. The lowest BCUT2D eigenvalue weighted by atomic mass is 10.00. The lowest BCUT2D eigenvalue weighted by molar-refractivity contribution is -0.131. The van der Waals surface area contributed by atoms with Gasteiger partial charge in [0.2, 0.25) is 5.91 Å². The van der Waals surface area contributed by atoms with E-state index in [1.165, 1.54) is 10.6 Å². The molecule has 1 aliphatic carbocycles. The number of aromatic nitrogens is 3. The number of rotatable bonds is 5. The second kappa shape index (κ2) is 8.32. The molecule has 3 aromatic rings. The van der Waals surface area contributed by atoms with E-state index in [2.05, 4.69) is 16.3 Å². The Labute approximate surface area is 190 Å². The summed E-state index contributed by atoms with van der Waals surface area (Å²) in [7, 11) is 0. The second-order valence-electron chi connectivity index (χ2n) is 9.01. The van der Waals surface area contributed by atoms with Gasteiger partial charge in [0.25, 0.3) is 0 Å². The zero-order valence-electron chi connectivity index (χ0n) is 18.3. The number of aryl methyl sites for hydroxylation is 1. The number of hydrogen-bond donors (Lipinski definition) is 1. The molecule has 1 N–H and O–H groups in total. The summed E-state index contributed by atoms with van der Waals surface area (Å²) >= 11 is 0. The summed E-state index contributed by atoms with van der Waals surface area (Å²) in [5.41, 5.74) is 2.50. The highest BCUT2D eigenvalue weighted by Crippen LogP contribution is 2.33. The summed E-state index contributed by atoms with van der Waals surface area (Å²) < 4.78 is 16.5. The molecule has 0 spiro atoms. The van der Waals surface area contributed by atoms with Gasteiger partial charge in [-0.25, -0.2) is 18.9 Å². The van der Waals surface area contributed by atoms with E-state index >= 15 is 4.39 Å². The topological polar surface area (TPSA) is 94.8 Å². The maximum Gasteiger partial charge on any atom is 0.348 e. The van der Waals surface area contributed by atoms with Gasteiger partial charge in [-0.1, -0.05) is 18.2 Å². The van der Waals surface area contributed by atoms with Crippen LogP contribution >= 0.6 is 0 Å². The molecule has 7 nitrogen and oxygen atoms in total. The Morgan fingerprint density at radius 2 is 1.97 bits per heavy atom. The highest BCUT2D eigenvalue weighted by atomic mass is 19.1. The minimum atomic E-state index is -0.531. The first-order valence-electron chi connectivity index (χ1n) is 11.2. The number of H-pyrrole nitrogens is 1. The fourth-order valence-corrected chi connectivity index (χ4v) is 4.60. The average molecular weight is 445 g/mol. The van der Waals surface area contributed by atoms with Crippen LogP contribution in [0.3, 0.4) is 0 Å². The first kappa shape index (κ1) is 21.1. The first-order valence-corrected chi connectivity index (χ1v) is 11.2. The van der Waals surface area contributed by atoms with Crippen LogP contribution in [0.2, 0.25) is 0 Å². The molecule has 2 heterocycles. The third-order valence-electron chi connectivity index (χ3n) is 6.61. The van der Waals surface area contributed by atoms with E-state index in [-0.39, 0.29) is 23.4 Å². The molecule has 8 heteroatoms. The van der Waals surface area contributed by atoms with Crippen LogP contribution in [0, 0.1) is 35.9 Å². The predicted molar refractivity (Wildman–Crippen MR) is 120 cm³/mol. The number of benzene rings is 2. The van der Waals surface area contributed by atoms with E-state index in [0.717, 1.165) is 36.9 Å². The second-order valence-corrected chi connectivity index (χ2v) is 9.01. The van der Waals surface area contributed by atoms with Crippen molar-refractivity contribution in [1.29, 1.82) is 5.26 Å². The Morgan fingerprint density at radius 1 is 1.21 bits per heavy atom. The molecule has 1 unspecified atom stereocenters. The summed E-state index contributed by atoms with van der Waals surface area (Å²) in [6.07, 6.45) is 3.30. The Morgan fingerprint density at radius 3 is 2.67 bits per heavy atom. The molecule has 5 rings (SSSR count). The molecule has 2 fully saturated rings. The van der Waals surface area contributed by atoms with E-state index < -0.39 is 11.5 Å². The zero-order valence-corrected chi connectivity index (χ0v) is 18.3. The molecule has 1 saturated carbocycles. The Balaban J connectivity index is 1.38. The van der Waals surface area contributed by atoms with Gasteiger partial charge in [-0.3, -0.25) is 4.79 Å². The van der Waals surface area contributed by atoms with Crippen LogP contribution in [0.25, 0.3) is 16.8 Å². The third kappa shape index (κ3) is 4.07. The average Bonchev–Trinajstić information content (AvgIpc) is 3.46. The van der Waals surface area contributed by atoms with Gasteiger partial charge in [0, 0.05) is 25.4 Å². The molecule has 0 radical (unpaired) electrons. The van der Waals surface area contributed by atoms with Crippen molar-refractivity contribution < 1.29 is 9.18 Å². The van der Waals surface area contributed by atoms with Crippen molar-refractivity contribution >= 4 is 5.91 Å². The van der Waals surface area contributed by atoms with Gasteiger partial charge >= 0.3 is 5.69 Å². The standard InChI is InChI=1S/C25H24FN5O2/c1-15-10-18(4-5-20(15)13-27)19-6-7-22(21(26)12-19)31-23(28-29-25(31)33)11-16-8-9-30(14-16)24(32)17-2-3-17/h4-7,10,12,16-17H,2-3,8-9,11,14H2,1H3,(H,29,33). The fourth-order valence-electron chi connectivity index (χ4n) is 4.60. The van der Waals surface area contributed by atoms with Crippen molar-refractivity contribution in [1.82, 2.24) is 19.7 Å². The van der Waals surface area contributed by atoms with E-state index in [4.69, 9.17) is 5.26 Å². The Bertz CT molecular complexity index is 1330. The normalized spacial score (nSPS) is 17.8. The van der Waals surface area contributed by atoms with Crippen molar-refractivity contribution in [2.45, 2.75) is 32.6 Å². The van der Waals surface area contributed by atoms with E-state index in [0.29, 0.717) is 29.9 Å². The van der Waals surface area contributed by atoms with Crippen LogP contribution in [0.15, 0.2) is 41.2 Å². The number of likely N-dealkylation sites (tertiary alicyclic amines) is 1. The monoisotopic (exact) mass is 445 g/mol. The first-order chi connectivity index (χ1) is 15.9. The molecule has 168 valence electrons. The number of amides is 1. The molecular weight excluding hydrogens is 421 g/mol. The number of nitrogens with zero attached hydrogens (tertiary/aromatic N) is 4. The van der Waals surface area contributed by atoms with E-state index in [1.807, 2.05) is 17.9 Å². The Kier molecular flexibility index (Phi) is 5.33. The molecule has 1 aromatic heterocycles. The van der Waals surface area contributed by atoms with Gasteiger partial charge in [-0.2, -0.15) is 10.4 Å². The molecule has 2 aromatic carbocycles. The van der Waals surface area contributed by atoms with Gasteiger partial charge in [-0.05, 0) is 67.0 Å². The number of halogens is 1. The van der Waals surface area contributed by atoms with Crippen LogP contribution in [0.5, 0.6) is 0 Å². The molecule has 2 aliphatic rings. The van der Waals surface area contributed by atoms with Crippen molar-refractivity contribution in [2.24, 2.45) is 11.8 Å². The van der Waals surface area contributed by atoms with Crippen molar-refractivity contribution in [3.63, 3.8) is 0 Å². The number of hydrogen-bond acceptors (Lipinski definition) is 4. The van der Waals surface area contributed by atoms with Crippen LogP contribution in [0.4, 0.5) is 4.39 Å². The highest BCUT2D eigenvalue weighted by Gasteiger charge is 2.37. The number of nitriles is 1. The van der Waals surface area contributed by atoms with Gasteiger partial charge in [0.15, 0.2) is 0 Å². The summed E-state index contributed by atoms with van der Waals surface area (Å²) in [6, 6.07) is 12.2. The molecule has 1 amide bonds. The number of aromatic amines is 1. The SMILES string of the molecule is Cc1cc(-c2ccc(-n3c(CC4CCN(C(=O)C5CC5)C4)n[nH]c3=O)c(F)c2)ccc1C#N. The van der Waals surface area contributed by atoms with Crippen molar-refractivity contribution in [3.8, 4) is 22.9 Å². The summed E-state index contributed by atoms with van der Waals surface area (Å²) in [6.45, 7) is 3.21. The van der Waals surface area contributed by atoms with Crippen LogP contribution < -0.4 is 5.69 Å². The van der Waals surface area contributed by atoms with Crippen LogP contribution in [0.1, 0.15) is 36.2 Å². The molecular formula is C25H24FN5O2. The quantitative estimate of drug-likeness (QED) is 0.652. The summed E-state index contributed by atoms with van der Waals surface area (Å²) in [4.78, 5) is 26.7. The summed E-state index contributed by atoms with van der Waals surface area (Å²) in [5.74, 6) is 0.546. The molecule has 1 saturated heterocycles. The van der Waals surface area contributed by atoms with E-state index in [9.17, 15) is 9.59 Å². The molecule has 33 heavy (non-hydrogen) atoms. The summed E-state index contributed by atoms with van der Waals surface area (Å²) in [5, 5.41) is 15.7. The van der Waals surface area contributed by atoms with Crippen LogP contribution in [-0.2, 0) is 11.2 Å². The molecule has 1 atom stereocenters. The van der Waals surface area contributed by atoms with Crippen LogP contribution in [-0.4, -0.2) is 38.7 Å². The molecule has 0 bridgehead atoms. The van der Waals surface area contributed by atoms with Crippen molar-refractivity contribution in [3.05, 3.63) is 69.7 Å². The zero-order chi connectivity index (χ0) is 23.1. The highest BCUT2D eigenvalue weighted by molar-refractivity contribution is 5.81. The molecule has 1 aliphatic heterocycles. The maximum atomic E-state index is 15.2. The van der Waals surface area contributed by atoms with E-state index in [1.54, 1.807) is 24.3 Å². The largest absolute Gasteiger partial charge is 0.348 e. The van der Waals surface area contributed by atoms with Crippen molar-refractivity contribution in [2.75, 3.05) is 13.1 Å². The lowest BCUT2D eigenvalue weighted by Crippen LogP contribution is -2.30. The maximum absolute atomic E-state index is 15.2. The fraction of sp³-hybridized carbons (Fsp3) is 0.360. The predicted octanol–water partition coefficient (Wildman–Crippen LogP) is 3.35. The lowest BCUT2D eigenvalue weighted by Gasteiger charge is -2.16. The van der Waals surface area contributed by atoms with Gasteiger partial charge in [0.1, 0.15) is 11.6 Å². The number of carbonyl (C=O) groups is 1. The van der Waals surface area contributed by atoms with Gasteiger partial charge in [0.05, 0.1) is 17.3 Å². The third-order valence-corrected chi connectivity index (χ3v) is 6.61. The Hall–Kier alpha value is -3.73. The minimum absolute atomic E-state index is 0.141. The minimum Gasteiger partial charge on any atom is -0.342 e. The van der Waals surface area contributed by atoms with Gasteiger partial charge < -0.3 is 4.90 Å². The number of nitrogens with one attached hydrogen (secondary N) is 1. The van der Waals surface area contributed by atoms with Gasteiger partial charge in [-0.15, -0.1) is 0 Å². The smallest absolute Gasteiger partial charge is 0.342 e.